The van der Waals surface area contributed by atoms with Gasteiger partial charge in [0.1, 0.15) is 0 Å². The summed E-state index contributed by atoms with van der Waals surface area (Å²) < 4.78 is 6.23. The molecule has 2 aliphatic rings. The number of allylic oxidation sites excluding steroid dienone is 4. The average molecular weight is 219 g/mol. The summed E-state index contributed by atoms with van der Waals surface area (Å²) in [4.78, 5) is 2.16. The van der Waals surface area contributed by atoms with Gasteiger partial charge in [0.2, 0.25) is 0 Å². The summed E-state index contributed by atoms with van der Waals surface area (Å²) in [6.07, 6.45) is 16.5. The number of hydrogen-bond donors (Lipinski definition) is 0. The number of hydrogen-bond acceptors (Lipinski definition) is 2. The summed E-state index contributed by atoms with van der Waals surface area (Å²) in [5, 5.41) is 0. The Bertz CT molecular complexity index is 328. The lowest BCUT2D eigenvalue weighted by Gasteiger charge is -2.39. The van der Waals surface area contributed by atoms with E-state index in [0.717, 1.165) is 12.8 Å². The lowest BCUT2D eigenvalue weighted by atomic mass is 10.0. The van der Waals surface area contributed by atoms with Crippen LogP contribution in [0.2, 0.25) is 0 Å². The van der Waals surface area contributed by atoms with Crippen molar-refractivity contribution < 1.29 is 4.74 Å². The molecule has 0 radical (unpaired) electrons. The van der Waals surface area contributed by atoms with Crippen LogP contribution in [0.4, 0.5) is 0 Å². The molecule has 1 unspecified atom stereocenters. The quantitative estimate of drug-likeness (QED) is 0.676. The molecule has 16 heavy (non-hydrogen) atoms. The number of ether oxygens (including phenoxy) is 1. The van der Waals surface area contributed by atoms with Crippen molar-refractivity contribution in [3.63, 3.8) is 0 Å². The van der Waals surface area contributed by atoms with Crippen molar-refractivity contribution in [3.8, 4) is 0 Å². The van der Waals surface area contributed by atoms with Gasteiger partial charge < -0.3 is 4.74 Å². The molecule has 0 fully saturated rings. The highest BCUT2D eigenvalue weighted by Gasteiger charge is 2.32. The van der Waals surface area contributed by atoms with Gasteiger partial charge in [-0.25, -0.2) is 0 Å². The first-order chi connectivity index (χ1) is 7.73. The highest BCUT2D eigenvalue weighted by Crippen LogP contribution is 2.30. The second-order valence-electron chi connectivity index (χ2n) is 4.75. The van der Waals surface area contributed by atoms with Crippen LogP contribution in [0.5, 0.6) is 0 Å². The molecule has 2 rings (SSSR count). The monoisotopic (exact) mass is 219 g/mol. The zero-order valence-electron chi connectivity index (χ0n) is 10.3. The molecule has 2 nitrogen and oxygen atoms in total. The fraction of sp³-hybridized carbons (Fsp3) is 0.571. The zero-order chi connectivity index (χ0) is 11.4. The van der Waals surface area contributed by atoms with Crippen LogP contribution in [0.25, 0.3) is 0 Å². The van der Waals surface area contributed by atoms with E-state index in [1.165, 1.54) is 25.0 Å². The molecule has 1 atom stereocenters. The van der Waals surface area contributed by atoms with E-state index in [1.54, 1.807) is 0 Å². The van der Waals surface area contributed by atoms with Crippen molar-refractivity contribution in [1.82, 2.24) is 4.90 Å². The highest BCUT2D eigenvalue weighted by molar-refractivity contribution is 5.19. The number of nitrogens with zero attached hydrogens (tertiary/aromatic N) is 1. The third-order valence-electron chi connectivity index (χ3n) is 3.33. The normalized spacial score (nSPS) is 29.3. The SMILES string of the molecule is CN(C)C1(OC2=CCCCC2)C=CC=CC1. The molecule has 0 N–H and O–H groups in total. The van der Waals surface area contributed by atoms with Gasteiger partial charge in [-0.3, -0.25) is 4.90 Å². The average Bonchev–Trinajstić information content (AvgIpc) is 2.31. The van der Waals surface area contributed by atoms with Gasteiger partial charge in [-0.15, -0.1) is 0 Å². The maximum Gasteiger partial charge on any atom is 0.185 e. The lowest BCUT2D eigenvalue weighted by molar-refractivity contribution is -0.0673. The molecule has 0 amide bonds. The Morgan fingerprint density at radius 1 is 1.25 bits per heavy atom. The van der Waals surface area contributed by atoms with E-state index in [9.17, 15) is 0 Å². The molecule has 2 aliphatic carbocycles. The summed E-state index contributed by atoms with van der Waals surface area (Å²) in [5.74, 6) is 1.17. The predicted octanol–water partition coefficient (Wildman–Crippen LogP) is 3.23. The van der Waals surface area contributed by atoms with Crippen LogP contribution in [-0.2, 0) is 4.74 Å². The van der Waals surface area contributed by atoms with Crippen LogP contribution < -0.4 is 0 Å². The molecule has 0 aliphatic heterocycles. The van der Waals surface area contributed by atoms with Crippen LogP contribution in [-0.4, -0.2) is 24.7 Å². The summed E-state index contributed by atoms with van der Waals surface area (Å²) in [6.45, 7) is 0. The minimum absolute atomic E-state index is 0.266. The van der Waals surface area contributed by atoms with Gasteiger partial charge in [-0.05, 0) is 45.5 Å². The molecule has 0 heterocycles. The molecule has 2 heteroatoms. The summed E-state index contributed by atoms with van der Waals surface area (Å²) >= 11 is 0. The summed E-state index contributed by atoms with van der Waals surface area (Å²) in [7, 11) is 4.15. The Morgan fingerprint density at radius 2 is 2.12 bits per heavy atom. The summed E-state index contributed by atoms with van der Waals surface area (Å²) in [6, 6.07) is 0. The van der Waals surface area contributed by atoms with Crippen molar-refractivity contribution in [1.29, 1.82) is 0 Å². The molecule has 0 aromatic heterocycles. The van der Waals surface area contributed by atoms with Gasteiger partial charge in [0.15, 0.2) is 5.72 Å². The fourth-order valence-electron chi connectivity index (χ4n) is 2.22. The maximum absolute atomic E-state index is 6.23. The first-order valence-corrected chi connectivity index (χ1v) is 6.13. The van der Waals surface area contributed by atoms with Crippen LogP contribution >= 0.6 is 0 Å². The molecule has 0 saturated carbocycles. The minimum atomic E-state index is -0.266. The Morgan fingerprint density at radius 3 is 2.69 bits per heavy atom. The Hall–Kier alpha value is -1.02. The molecule has 0 bridgehead atoms. The van der Waals surface area contributed by atoms with Gasteiger partial charge in [0, 0.05) is 12.8 Å². The van der Waals surface area contributed by atoms with Crippen molar-refractivity contribution in [3.05, 3.63) is 36.1 Å². The first-order valence-electron chi connectivity index (χ1n) is 6.13. The molecule has 0 spiro atoms. The number of rotatable bonds is 3. The van der Waals surface area contributed by atoms with Crippen LogP contribution in [0, 0.1) is 0 Å². The van der Waals surface area contributed by atoms with Gasteiger partial charge in [0.05, 0.1) is 5.76 Å². The Balaban J connectivity index is 2.11. The molecule has 0 saturated heterocycles. The Kier molecular flexibility index (Phi) is 3.49. The molecule has 0 aromatic rings. The van der Waals surface area contributed by atoms with Crippen molar-refractivity contribution in [2.24, 2.45) is 0 Å². The highest BCUT2D eigenvalue weighted by atomic mass is 16.5. The van der Waals surface area contributed by atoms with Gasteiger partial charge >= 0.3 is 0 Å². The summed E-state index contributed by atoms with van der Waals surface area (Å²) in [5.41, 5.74) is -0.266. The maximum atomic E-state index is 6.23. The standard InChI is InChI=1S/C14H21NO/c1-15(2)14(11-7-4-8-12-14)16-13-9-5-3-6-10-13/h4,7-9,11H,3,5-6,10,12H2,1-2H3. The minimum Gasteiger partial charge on any atom is -0.473 e. The zero-order valence-corrected chi connectivity index (χ0v) is 10.3. The van der Waals surface area contributed by atoms with Gasteiger partial charge in [0.25, 0.3) is 0 Å². The molecular formula is C14H21NO. The van der Waals surface area contributed by atoms with Crippen molar-refractivity contribution in [2.45, 2.75) is 37.8 Å². The van der Waals surface area contributed by atoms with Crippen LogP contribution in [0.1, 0.15) is 32.1 Å². The third-order valence-corrected chi connectivity index (χ3v) is 3.33. The van der Waals surface area contributed by atoms with E-state index in [0.29, 0.717) is 0 Å². The van der Waals surface area contributed by atoms with Gasteiger partial charge in [-0.1, -0.05) is 18.2 Å². The molecule has 0 aromatic carbocycles. The van der Waals surface area contributed by atoms with Crippen LogP contribution in [0.3, 0.4) is 0 Å². The van der Waals surface area contributed by atoms with E-state index in [1.807, 2.05) is 0 Å². The van der Waals surface area contributed by atoms with Crippen molar-refractivity contribution >= 4 is 0 Å². The second kappa shape index (κ2) is 4.88. The van der Waals surface area contributed by atoms with Gasteiger partial charge in [-0.2, -0.15) is 0 Å². The van der Waals surface area contributed by atoms with E-state index >= 15 is 0 Å². The molecule has 88 valence electrons. The van der Waals surface area contributed by atoms with E-state index < -0.39 is 0 Å². The third kappa shape index (κ3) is 2.38. The fourth-order valence-corrected chi connectivity index (χ4v) is 2.22. The molecular weight excluding hydrogens is 198 g/mol. The second-order valence-corrected chi connectivity index (χ2v) is 4.75. The number of likely N-dealkylation sites (N-methyl/N-ethyl adjacent to an activating group) is 1. The Labute approximate surface area is 98.3 Å². The topological polar surface area (TPSA) is 12.5 Å². The van der Waals surface area contributed by atoms with Crippen molar-refractivity contribution in [2.75, 3.05) is 14.1 Å². The van der Waals surface area contributed by atoms with E-state index in [4.69, 9.17) is 4.74 Å². The first kappa shape index (κ1) is 11.5. The van der Waals surface area contributed by atoms with E-state index in [-0.39, 0.29) is 5.72 Å². The van der Waals surface area contributed by atoms with E-state index in [2.05, 4.69) is 49.4 Å². The lowest BCUT2D eigenvalue weighted by Crippen LogP contribution is -2.45. The van der Waals surface area contributed by atoms with Crippen LogP contribution in [0.15, 0.2) is 36.1 Å². The smallest absolute Gasteiger partial charge is 0.185 e. The largest absolute Gasteiger partial charge is 0.473 e. The predicted molar refractivity (Wildman–Crippen MR) is 67.0 cm³/mol.